The molecule has 100 valence electrons. The first kappa shape index (κ1) is 13.0. The number of methoxy groups -OCH3 is 1. The Morgan fingerprint density at radius 3 is 2.72 bits per heavy atom. The summed E-state index contributed by atoms with van der Waals surface area (Å²) in [5.74, 6) is -0.175. The van der Waals surface area contributed by atoms with Crippen molar-refractivity contribution in [3.05, 3.63) is 17.9 Å². The van der Waals surface area contributed by atoms with Gasteiger partial charge in [-0.15, -0.1) is 0 Å². The number of likely N-dealkylation sites (N-methyl/N-ethyl adjacent to an activating group) is 1. The summed E-state index contributed by atoms with van der Waals surface area (Å²) in [6.07, 6.45) is 0. The standard InChI is InChI=1S/C13H20FN3O/c1-9-8-16(2)4-5-17(9)12-7-13(18-3)10(14)6-11(12)15/h6-7,9H,4-5,8,15H2,1-3H3. The molecule has 0 bridgehead atoms. The molecule has 1 fully saturated rings. The average Bonchev–Trinajstić information content (AvgIpc) is 2.30. The van der Waals surface area contributed by atoms with Gasteiger partial charge in [0.2, 0.25) is 0 Å². The monoisotopic (exact) mass is 253 g/mol. The minimum atomic E-state index is -0.416. The number of ether oxygens (including phenoxy) is 1. The number of nitrogen functional groups attached to an aromatic ring is 1. The summed E-state index contributed by atoms with van der Waals surface area (Å²) < 4.78 is 18.5. The Morgan fingerprint density at radius 1 is 1.39 bits per heavy atom. The van der Waals surface area contributed by atoms with Crippen molar-refractivity contribution in [2.75, 3.05) is 44.4 Å². The molecule has 1 atom stereocenters. The fraction of sp³-hybridized carbons (Fsp3) is 0.538. The Kier molecular flexibility index (Phi) is 3.61. The molecule has 2 N–H and O–H groups in total. The van der Waals surface area contributed by atoms with Crippen LogP contribution in [0.15, 0.2) is 12.1 Å². The van der Waals surface area contributed by atoms with Gasteiger partial charge in [0.15, 0.2) is 11.6 Å². The van der Waals surface area contributed by atoms with Crippen LogP contribution in [0.3, 0.4) is 0 Å². The number of nitrogens with two attached hydrogens (primary N) is 1. The lowest BCUT2D eigenvalue weighted by Crippen LogP contribution is -2.50. The largest absolute Gasteiger partial charge is 0.494 e. The second kappa shape index (κ2) is 5.02. The molecule has 0 aliphatic carbocycles. The molecule has 1 aromatic rings. The number of anilines is 2. The molecule has 2 rings (SSSR count). The zero-order valence-electron chi connectivity index (χ0n) is 11.1. The second-order valence-electron chi connectivity index (χ2n) is 4.85. The van der Waals surface area contributed by atoms with Crippen molar-refractivity contribution in [1.29, 1.82) is 0 Å². The fourth-order valence-electron chi connectivity index (χ4n) is 2.46. The van der Waals surface area contributed by atoms with E-state index in [1.54, 1.807) is 6.07 Å². The number of halogens is 1. The molecule has 0 saturated carbocycles. The number of hydrogen-bond donors (Lipinski definition) is 1. The van der Waals surface area contributed by atoms with Crippen molar-refractivity contribution >= 4 is 11.4 Å². The molecule has 5 heteroatoms. The third-order valence-electron chi connectivity index (χ3n) is 3.44. The maximum atomic E-state index is 13.5. The molecule has 1 saturated heterocycles. The lowest BCUT2D eigenvalue weighted by atomic mass is 10.1. The normalized spacial score (nSPS) is 21.1. The van der Waals surface area contributed by atoms with Gasteiger partial charge in [-0.25, -0.2) is 4.39 Å². The second-order valence-corrected chi connectivity index (χ2v) is 4.85. The van der Waals surface area contributed by atoms with Crippen LogP contribution in [0.25, 0.3) is 0 Å². The van der Waals surface area contributed by atoms with Crippen LogP contribution in [0.1, 0.15) is 6.92 Å². The first-order chi connectivity index (χ1) is 8.52. The molecule has 1 aromatic carbocycles. The maximum Gasteiger partial charge on any atom is 0.167 e. The van der Waals surface area contributed by atoms with Crippen LogP contribution in [0.5, 0.6) is 5.75 Å². The lowest BCUT2D eigenvalue weighted by Gasteiger charge is -2.40. The molecule has 0 radical (unpaired) electrons. The number of hydrogen-bond acceptors (Lipinski definition) is 4. The molecular formula is C13H20FN3O. The van der Waals surface area contributed by atoms with Crippen molar-refractivity contribution in [1.82, 2.24) is 4.90 Å². The van der Waals surface area contributed by atoms with Crippen LogP contribution in [0, 0.1) is 5.82 Å². The van der Waals surface area contributed by atoms with Gasteiger partial charge in [0, 0.05) is 37.8 Å². The van der Waals surface area contributed by atoms with Gasteiger partial charge >= 0.3 is 0 Å². The highest BCUT2D eigenvalue weighted by atomic mass is 19.1. The highest BCUT2D eigenvalue weighted by Crippen LogP contribution is 2.32. The smallest absolute Gasteiger partial charge is 0.167 e. The van der Waals surface area contributed by atoms with E-state index in [1.807, 2.05) is 0 Å². The molecule has 1 aliphatic heterocycles. The molecule has 4 nitrogen and oxygen atoms in total. The number of piperazine rings is 1. The molecule has 18 heavy (non-hydrogen) atoms. The van der Waals surface area contributed by atoms with Crippen LogP contribution in [-0.2, 0) is 0 Å². The minimum absolute atomic E-state index is 0.241. The molecular weight excluding hydrogens is 233 g/mol. The Labute approximate surface area is 107 Å². The summed E-state index contributed by atoms with van der Waals surface area (Å²) in [5.41, 5.74) is 7.24. The van der Waals surface area contributed by atoms with Crippen molar-refractivity contribution < 1.29 is 9.13 Å². The van der Waals surface area contributed by atoms with Gasteiger partial charge in [-0.2, -0.15) is 0 Å². The summed E-state index contributed by atoms with van der Waals surface area (Å²) in [6, 6.07) is 3.37. The van der Waals surface area contributed by atoms with Gasteiger partial charge in [0.25, 0.3) is 0 Å². The predicted octanol–water partition coefficient (Wildman–Crippen LogP) is 1.56. The zero-order valence-corrected chi connectivity index (χ0v) is 11.1. The highest BCUT2D eigenvalue weighted by Gasteiger charge is 2.24. The molecule has 0 aromatic heterocycles. The fourth-order valence-corrected chi connectivity index (χ4v) is 2.46. The number of nitrogens with zero attached hydrogens (tertiary/aromatic N) is 2. The number of rotatable bonds is 2. The quantitative estimate of drug-likeness (QED) is 0.812. The van der Waals surface area contributed by atoms with Gasteiger partial charge in [-0.3, -0.25) is 0 Å². The van der Waals surface area contributed by atoms with Crippen LogP contribution in [0.4, 0.5) is 15.8 Å². The predicted molar refractivity (Wildman–Crippen MR) is 71.7 cm³/mol. The molecule has 0 spiro atoms. The number of benzene rings is 1. The zero-order chi connectivity index (χ0) is 13.3. The van der Waals surface area contributed by atoms with Gasteiger partial charge in [0.05, 0.1) is 18.5 Å². The van der Waals surface area contributed by atoms with Crippen LogP contribution in [-0.4, -0.2) is 44.7 Å². The van der Waals surface area contributed by atoms with E-state index in [0.717, 1.165) is 25.3 Å². The van der Waals surface area contributed by atoms with E-state index in [2.05, 4.69) is 23.8 Å². The van der Waals surface area contributed by atoms with Gasteiger partial charge in [0.1, 0.15) is 0 Å². The first-order valence-electron chi connectivity index (χ1n) is 6.11. The van der Waals surface area contributed by atoms with Crippen molar-refractivity contribution in [3.8, 4) is 5.75 Å². The summed E-state index contributed by atoms with van der Waals surface area (Å²) >= 11 is 0. The minimum Gasteiger partial charge on any atom is -0.494 e. The third-order valence-corrected chi connectivity index (χ3v) is 3.44. The van der Waals surface area contributed by atoms with Crippen LogP contribution < -0.4 is 15.4 Å². The van der Waals surface area contributed by atoms with Gasteiger partial charge < -0.3 is 20.3 Å². The topological polar surface area (TPSA) is 41.7 Å². The van der Waals surface area contributed by atoms with E-state index in [0.29, 0.717) is 11.7 Å². The highest BCUT2D eigenvalue weighted by molar-refractivity contribution is 5.70. The van der Waals surface area contributed by atoms with Crippen molar-refractivity contribution in [2.45, 2.75) is 13.0 Å². The molecule has 1 aliphatic rings. The molecule has 1 heterocycles. The van der Waals surface area contributed by atoms with E-state index in [9.17, 15) is 4.39 Å². The van der Waals surface area contributed by atoms with E-state index < -0.39 is 5.82 Å². The summed E-state index contributed by atoms with van der Waals surface area (Å²) in [7, 11) is 3.56. The van der Waals surface area contributed by atoms with Crippen molar-refractivity contribution in [2.24, 2.45) is 0 Å². The first-order valence-corrected chi connectivity index (χ1v) is 6.11. The summed E-state index contributed by atoms with van der Waals surface area (Å²) in [5, 5.41) is 0. The van der Waals surface area contributed by atoms with E-state index in [4.69, 9.17) is 10.5 Å². The molecule has 1 unspecified atom stereocenters. The molecule has 0 amide bonds. The lowest BCUT2D eigenvalue weighted by molar-refractivity contribution is 0.275. The maximum absolute atomic E-state index is 13.5. The van der Waals surface area contributed by atoms with E-state index in [-0.39, 0.29) is 5.75 Å². The SMILES string of the molecule is COc1cc(N2CCN(C)CC2C)c(N)cc1F. The van der Waals surface area contributed by atoms with Gasteiger partial charge in [-0.1, -0.05) is 0 Å². The summed E-state index contributed by atoms with van der Waals surface area (Å²) in [6.45, 7) is 4.98. The Balaban J connectivity index is 2.32. The third kappa shape index (κ3) is 2.36. The van der Waals surface area contributed by atoms with E-state index >= 15 is 0 Å². The van der Waals surface area contributed by atoms with Crippen LogP contribution >= 0.6 is 0 Å². The average molecular weight is 253 g/mol. The van der Waals surface area contributed by atoms with Crippen LogP contribution in [0.2, 0.25) is 0 Å². The Bertz CT molecular complexity index is 438. The Hall–Kier alpha value is -1.49. The van der Waals surface area contributed by atoms with Gasteiger partial charge in [-0.05, 0) is 14.0 Å². The van der Waals surface area contributed by atoms with E-state index in [1.165, 1.54) is 13.2 Å². The Morgan fingerprint density at radius 2 is 2.11 bits per heavy atom. The summed E-state index contributed by atoms with van der Waals surface area (Å²) in [4.78, 5) is 4.48. The van der Waals surface area contributed by atoms with Crippen molar-refractivity contribution in [3.63, 3.8) is 0 Å².